The summed E-state index contributed by atoms with van der Waals surface area (Å²) >= 11 is 0. The summed E-state index contributed by atoms with van der Waals surface area (Å²) < 4.78 is 2.12. The van der Waals surface area contributed by atoms with Gasteiger partial charge in [-0.05, 0) is 91.4 Å². The number of benzene rings is 4. The SMILES string of the molecule is C#C/C=C\C(=C/C)Cn1c(-c2ccc(NC(=O)c3ccccc3)cc2)nc2cc(NC(=O)c3ccccc3)ccc21. The highest BCUT2D eigenvalue weighted by atomic mass is 16.2. The van der Waals surface area contributed by atoms with Gasteiger partial charge in [0.2, 0.25) is 0 Å². The quantitative estimate of drug-likeness (QED) is 0.161. The van der Waals surface area contributed by atoms with Crippen molar-refractivity contribution in [1.82, 2.24) is 9.55 Å². The molecule has 5 rings (SSSR count). The highest BCUT2D eigenvalue weighted by molar-refractivity contribution is 6.05. The summed E-state index contributed by atoms with van der Waals surface area (Å²) in [5.74, 6) is 2.94. The van der Waals surface area contributed by atoms with Gasteiger partial charge in [0.05, 0.1) is 11.0 Å². The molecule has 0 saturated heterocycles. The molecule has 0 bridgehead atoms. The van der Waals surface area contributed by atoms with Gasteiger partial charge in [-0.3, -0.25) is 9.59 Å². The lowest BCUT2D eigenvalue weighted by molar-refractivity contribution is 0.101. The summed E-state index contributed by atoms with van der Waals surface area (Å²) in [6.07, 6.45) is 11.1. The first-order valence-corrected chi connectivity index (χ1v) is 13.2. The number of terminal acetylenes is 1. The molecule has 0 unspecified atom stereocenters. The lowest BCUT2D eigenvalue weighted by Crippen LogP contribution is -2.11. The molecule has 0 spiro atoms. The summed E-state index contributed by atoms with van der Waals surface area (Å²) in [6, 6.07) is 31.5. The molecule has 0 aliphatic carbocycles. The van der Waals surface area contributed by atoms with Crippen LogP contribution in [0.25, 0.3) is 22.4 Å². The van der Waals surface area contributed by atoms with Crippen LogP contribution >= 0.6 is 0 Å². The molecule has 0 aliphatic heterocycles. The fraction of sp³-hybridized carbons (Fsp3) is 0.0571. The first kappa shape index (κ1) is 26.9. The number of imidazole rings is 1. The number of carbonyl (C=O) groups excluding carboxylic acids is 2. The second kappa shape index (κ2) is 12.5. The molecule has 0 atom stereocenters. The summed E-state index contributed by atoms with van der Waals surface area (Å²) in [7, 11) is 0. The number of amides is 2. The molecular weight excluding hydrogens is 508 g/mol. The Bertz CT molecular complexity index is 1790. The van der Waals surface area contributed by atoms with Crippen molar-refractivity contribution in [3.05, 3.63) is 138 Å². The van der Waals surface area contributed by atoms with Crippen LogP contribution in [-0.2, 0) is 6.54 Å². The molecule has 4 aromatic carbocycles. The van der Waals surface area contributed by atoms with Gasteiger partial charge in [0.25, 0.3) is 11.8 Å². The molecule has 200 valence electrons. The third-order valence-corrected chi connectivity index (χ3v) is 6.58. The van der Waals surface area contributed by atoms with Crippen molar-refractivity contribution in [2.75, 3.05) is 10.6 Å². The number of fused-ring (bicyclic) bond motifs is 1. The van der Waals surface area contributed by atoms with Crippen molar-refractivity contribution in [2.24, 2.45) is 0 Å². The Labute approximate surface area is 239 Å². The number of aromatic nitrogens is 2. The van der Waals surface area contributed by atoms with Crippen molar-refractivity contribution in [3.63, 3.8) is 0 Å². The van der Waals surface area contributed by atoms with Crippen LogP contribution in [-0.4, -0.2) is 21.4 Å². The molecule has 2 amide bonds. The largest absolute Gasteiger partial charge is 0.322 e. The topological polar surface area (TPSA) is 76.0 Å². The summed E-state index contributed by atoms with van der Waals surface area (Å²) in [4.78, 5) is 30.3. The second-order valence-electron chi connectivity index (χ2n) is 9.31. The van der Waals surface area contributed by atoms with Gasteiger partial charge in [-0.25, -0.2) is 4.98 Å². The van der Waals surface area contributed by atoms with Gasteiger partial charge in [-0.15, -0.1) is 6.42 Å². The van der Waals surface area contributed by atoms with Crippen LogP contribution < -0.4 is 10.6 Å². The lowest BCUT2D eigenvalue weighted by atomic mass is 10.1. The number of rotatable bonds is 8. The van der Waals surface area contributed by atoms with Gasteiger partial charge in [0.1, 0.15) is 5.82 Å². The Hall–Kier alpha value is -5.67. The van der Waals surface area contributed by atoms with E-state index in [1.54, 1.807) is 30.3 Å². The van der Waals surface area contributed by atoms with Crippen LogP contribution in [0.1, 0.15) is 27.6 Å². The number of hydrogen-bond donors (Lipinski definition) is 2. The Morgan fingerprint density at radius 2 is 1.41 bits per heavy atom. The summed E-state index contributed by atoms with van der Waals surface area (Å²) in [5, 5.41) is 5.90. The molecule has 1 aromatic heterocycles. The molecule has 2 N–H and O–H groups in total. The van der Waals surface area contributed by atoms with Crippen LogP contribution in [0.2, 0.25) is 0 Å². The maximum atomic E-state index is 12.7. The summed E-state index contributed by atoms with van der Waals surface area (Å²) in [5.41, 5.74) is 6.06. The molecule has 0 aliphatic rings. The molecule has 6 heteroatoms. The van der Waals surface area contributed by atoms with Crippen LogP contribution in [0.15, 0.2) is 127 Å². The van der Waals surface area contributed by atoms with Gasteiger partial charge in [0, 0.05) is 34.6 Å². The van der Waals surface area contributed by atoms with Crippen LogP contribution in [0.3, 0.4) is 0 Å². The highest BCUT2D eigenvalue weighted by Crippen LogP contribution is 2.29. The Balaban J connectivity index is 1.48. The molecule has 0 saturated carbocycles. The first-order chi connectivity index (χ1) is 20.1. The van der Waals surface area contributed by atoms with E-state index in [2.05, 4.69) is 21.1 Å². The predicted molar refractivity (Wildman–Crippen MR) is 166 cm³/mol. The molecule has 6 nitrogen and oxygen atoms in total. The third kappa shape index (κ3) is 6.32. The minimum atomic E-state index is -0.187. The molecule has 0 fully saturated rings. The number of anilines is 2. The molecule has 1 heterocycles. The average Bonchev–Trinajstić information content (AvgIpc) is 3.37. The standard InChI is InChI=1S/C35H28N4O2/c1-3-5-12-25(4-2)24-39-32-22-21-30(37-35(41)28-15-10-7-11-16-28)23-31(32)38-33(39)26-17-19-29(20-18-26)36-34(40)27-13-8-6-9-14-27/h1,4-23H,24H2,2H3,(H,36,40)(H,37,41)/b12-5-,25-4+. The summed E-state index contributed by atoms with van der Waals surface area (Å²) in [6.45, 7) is 2.51. The Kier molecular flexibility index (Phi) is 8.18. The fourth-order valence-corrected chi connectivity index (χ4v) is 4.45. The zero-order chi connectivity index (χ0) is 28.6. The minimum Gasteiger partial charge on any atom is -0.322 e. The van der Waals surface area contributed by atoms with Gasteiger partial charge >= 0.3 is 0 Å². The Morgan fingerprint density at radius 1 is 0.829 bits per heavy atom. The number of nitrogens with zero attached hydrogens (tertiary/aromatic N) is 2. The number of nitrogens with one attached hydrogen (secondary N) is 2. The fourth-order valence-electron chi connectivity index (χ4n) is 4.45. The van der Waals surface area contributed by atoms with Crippen LogP contribution in [0.5, 0.6) is 0 Å². The van der Waals surface area contributed by atoms with Crippen molar-refractivity contribution in [3.8, 4) is 23.7 Å². The highest BCUT2D eigenvalue weighted by Gasteiger charge is 2.15. The molecular formula is C35H28N4O2. The van der Waals surface area contributed by atoms with Gasteiger partial charge < -0.3 is 15.2 Å². The van der Waals surface area contributed by atoms with Gasteiger partial charge in [-0.1, -0.05) is 48.4 Å². The van der Waals surface area contributed by atoms with E-state index < -0.39 is 0 Å². The van der Waals surface area contributed by atoms with Gasteiger partial charge in [0.15, 0.2) is 0 Å². The van der Waals surface area contributed by atoms with Crippen LogP contribution in [0, 0.1) is 12.3 Å². The predicted octanol–water partition coefficient (Wildman–Crippen LogP) is 7.34. The molecule has 0 radical (unpaired) electrons. The van der Waals surface area contributed by atoms with E-state index >= 15 is 0 Å². The van der Waals surface area contributed by atoms with E-state index in [0.717, 1.165) is 28.0 Å². The second-order valence-corrected chi connectivity index (χ2v) is 9.31. The lowest BCUT2D eigenvalue weighted by Gasteiger charge is -2.11. The smallest absolute Gasteiger partial charge is 0.255 e. The van der Waals surface area contributed by atoms with Crippen molar-refractivity contribution < 1.29 is 9.59 Å². The van der Waals surface area contributed by atoms with E-state index in [9.17, 15) is 9.59 Å². The minimum absolute atomic E-state index is 0.173. The van der Waals surface area contributed by atoms with Crippen molar-refractivity contribution >= 4 is 34.2 Å². The zero-order valence-corrected chi connectivity index (χ0v) is 22.5. The van der Waals surface area contributed by atoms with E-state index in [1.807, 2.05) is 97.9 Å². The maximum Gasteiger partial charge on any atom is 0.255 e. The Morgan fingerprint density at radius 3 is 2.00 bits per heavy atom. The molecule has 41 heavy (non-hydrogen) atoms. The normalized spacial score (nSPS) is 11.4. The third-order valence-electron chi connectivity index (χ3n) is 6.58. The van der Waals surface area contributed by atoms with Gasteiger partial charge in [-0.2, -0.15) is 0 Å². The van der Waals surface area contributed by atoms with E-state index in [1.165, 1.54) is 0 Å². The number of carbonyl (C=O) groups is 2. The van der Waals surface area contributed by atoms with E-state index in [0.29, 0.717) is 29.0 Å². The molecule has 5 aromatic rings. The van der Waals surface area contributed by atoms with E-state index in [-0.39, 0.29) is 11.8 Å². The number of allylic oxidation sites excluding steroid dienone is 4. The number of hydrogen-bond acceptors (Lipinski definition) is 3. The van der Waals surface area contributed by atoms with Crippen molar-refractivity contribution in [2.45, 2.75) is 13.5 Å². The first-order valence-electron chi connectivity index (χ1n) is 13.2. The zero-order valence-electron chi connectivity index (χ0n) is 22.5. The average molecular weight is 537 g/mol. The van der Waals surface area contributed by atoms with Crippen LogP contribution in [0.4, 0.5) is 11.4 Å². The maximum absolute atomic E-state index is 12.7. The van der Waals surface area contributed by atoms with Crippen molar-refractivity contribution in [1.29, 1.82) is 0 Å². The monoisotopic (exact) mass is 536 g/mol. The van der Waals surface area contributed by atoms with E-state index in [4.69, 9.17) is 11.4 Å².